The lowest BCUT2D eigenvalue weighted by atomic mass is 9.82. The highest BCUT2D eigenvalue weighted by atomic mass is 19.2. The van der Waals surface area contributed by atoms with E-state index in [2.05, 4.69) is 0 Å². The van der Waals surface area contributed by atoms with Crippen LogP contribution in [0.15, 0.2) is 12.1 Å². The van der Waals surface area contributed by atoms with E-state index in [1.54, 1.807) is 20.0 Å². The van der Waals surface area contributed by atoms with E-state index in [4.69, 9.17) is 0 Å². The molecule has 0 unspecified atom stereocenters. The first-order valence-electron chi connectivity index (χ1n) is 5.64. The van der Waals surface area contributed by atoms with E-state index in [9.17, 15) is 8.78 Å². The lowest BCUT2D eigenvalue weighted by molar-refractivity contribution is 0.418. The van der Waals surface area contributed by atoms with Gasteiger partial charge in [0, 0.05) is 0 Å². The Labute approximate surface area is 90.1 Å². The normalized spacial score (nSPS) is 18.0. The van der Waals surface area contributed by atoms with E-state index in [0.29, 0.717) is 11.0 Å². The first-order valence-corrected chi connectivity index (χ1v) is 5.64. The van der Waals surface area contributed by atoms with E-state index < -0.39 is 11.6 Å². The summed E-state index contributed by atoms with van der Waals surface area (Å²) in [6.07, 6.45) is 5.50. The molecule has 1 aromatic carbocycles. The van der Waals surface area contributed by atoms with Crippen molar-refractivity contribution in [2.75, 3.05) is 0 Å². The zero-order chi connectivity index (χ0) is 10.8. The van der Waals surface area contributed by atoms with Gasteiger partial charge in [0.2, 0.25) is 0 Å². The van der Waals surface area contributed by atoms with Crippen LogP contribution in [0.25, 0.3) is 0 Å². The molecule has 0 spiro atoms. The monoisotopic (exact) mass is 208 g/mol. The van der Waals surface area contributed by atoms with Crippen molar-refractivity contribution in [3.8, 4) is 0 Å². The molecule has 2 rings (SSSR count). The topological polar surface area (TPSA) is 0 Å². The fourth-order valence-electron chi connectivity index (χ4n) is 2.39. The van der Waals surface area contributed by atoms with Gasteiger partial charge in [0.1, 0.15) is 7.85 Å². The Morgan fingerprint density at radius 3 is 2.33 bits per heavy atom. The zero-order valence-corrected chi connectivity index (χ0v) is 9.02. The van der Waals surface area contributed by atoms with Crippen molar-refractivity contribution in [1.82, 2.24) is 0 Å². The Morgan fingerprint density at radius 2 is 1.67 bits per heavy atom. The molecule has 0 bridgehead atoms. The fraction of sp³-hybridized carbons (Fsp3) is 0.500. The van der Waals surface area contributed by atoms with Crippen molar-refractivity contribution in [3.05, 3.63) is 29.3 Å². The molecule has 0 atom stereocenters. The molecule has 1 aromatic rings. The van der Waals surface area contributed by atoms with Gasteiger partial charge in [-0.25, -0.2) is 8.78 Å². The van der Waals surface area contributed by atoms with Gasteiger partial charge in [-0.05, 0) is 24.3 Å². The second-order valence-corrected chi connectivity index (χ2v) is 4.43. The van der Waals surface area contributed by atoms with Gasteiger partial charge >= 0.3 is 0 Å². The number of rotatable bonds is 1. The smallest absolute Gasteiger partial charge is 0.161 e. The maximum atomic E-state index is 13.7. The third-order valence-corrected chi connectivity index (χ3v) is 3.35. The summed E-state index contributed by atoms with van der Waals surface area (Å²) in [5.74, 6) is -1.06. The molecule has 1 aliphatic carbocycles. The van der Waals surface area contributed by atoms with Crippen LogP contribution in [0.3, 0.4) is 0 Å². The Bertz CT molecular complexity index is 357. The summed E-state index contributed by atoms with van der Waals surface area (Å²) in [7, 11) is 1.60. The van der Waals surface area contributed by atoms with E-state index in [-0.39, 0.29) is 5.92 Å². The van der Waals surface area contributed by atoms with E-state index in [0.717, 1.165) is 25.7 Å². The molecular weight excluding hydrogens is 193 g/mol. The predicted molar refractivity (Wildman–Crippen MR) is 60.4 cm³/mol. The Morgan fingerprint density at radius 1 is 1.00 bits per heavy atom. The minimum absolute atomic E-state index is 0.230. The molecule has 0 nitrogen and oxygen atoms in total. The lowest BCUT2D eigenvalue weighted by Gasteiger charge is -2.22. The Kier molecular flexibility index (Phi) is 3.08. The molecule has 1 aliphatic rings. The van der Waals surface area contributed by atoms with Crippen LogP contribution >= 0.6 is 0 Å². The predicted octanol–water partition coefficient (Wildman–Crippen LogP) is 2.27. The van der Waals surface area contributed by atoms with Crippen LogP contribution in [0.2, 0.25) is 0 Å². The highest BCUT2D eigenvalue weighted by Gasteiger charge is 2.21. The summed E-state index contributed by atoms with van der Waals surface area (Å²) in [5.41, 5.74) is 0.977. The third kappa shape index (κ3) is 2.06. The van der Waals surface area contributed by atoms with Crippen molar-refractivity contribution < 1.29 is 8.78 Å². The number of benzene rings is 1. The molecule has 0 amide bonds. The highest BCUT2D eigenvalue weighted by Crippen LogP contribution is 2.33. The molecule has 0 radical (unpaired) electrons. The van der Waals surface area contributed by atoms with Crippen molar-refractivity contribution in [1.29, 1.82) is 0 Å². The summed E-state index contributed by atoms with van der Waals surface area (Å²) in [5, 5.41) is 0. The molecule has 15 heavy (non-hydrogen) atoms. The molecule has 0 aromatic heterocycles. The Balaban J connectivity index is 2.31. The molecule has 1 saturated carbocycles. The van der Waals surface area contributed by atoms with Gasteiger partial charge in [0.15, 0.2) is 11.6 Å². The van der Waals surface area contributed by atoms with Crippen LogP contribution in [-0.2, 0) is 0 Å². The van der Waals surface area contributed by atoms with Gasteiger partial charge in [-0.15, -0.1) is 0 Å². The summed E-state index contributed by atoms with van der Waals surface area (Å²) >= 11 is 0. The average Bonchev–Trinajstić information content (AvgIpc) is 2.27. The maximum absolute atomic E-state index is 13.7. The quantitative estimate of drug-likeness (QED) is 0.621. The lowest BCUT2D eigenvalue weighted by Crippen LogP contribution is -2.15. The number of hydrogen-bond acceptors (Lipinski definition) is 0. The molecule has 0 aliphatic heterocycles. The van der Waals surface area contributed by atoms with Gasteiger partial charge in [0.25, 0.3) is 0 Å². The molecule has 3 heteroatoms. The average molecular weight is 208 g/mol. The standard InChI is InChI=1S/C12H15BF2/c13-10-7-6-9(11(14)12(10)15)8-4-2-1-3-5-8/h6-8H,1-5,13H2. The minimum atomic E-state index is -0.668. The van der Waals surface area contributed by atoms with E-state index >= 15 is 0 Å². The number of halogens is 2. The van der Waals surface area contributed by atoms with Crippen LogP contribution in [0.1, 0.15) is 43.6 Å². The van der Waals surface area contributed by atoms with Crippen LogP contribution < -0.4 is 5.46 Å². The second-order valence-electron chi connectivity index (χ2n) is 4.43. The third-order valence-electron chi connectivity index (χ3n) is 3.35. The van der Waals surface area contributed by atoms with Crippen LogP contribution in [-0.4, -0.2) is 7.85 Å². The first-order chi connectivity index (χ1) is 7.20. The van der Waals surface area contributed by atoms with Gasteiger partial charge in [0.05, 0.1) is 0 Å². The van der Waals surface area contributed by atoms with Crippen LogP contribution in [0, 0.1) is 11.6 Å². The minimum Gasteiger partial charge on any atom is -0.204 e. The zero-order valence-electron chi connectivity index (χ0n) is 9.02. The van der Waals surface area contributed by atoms with Crippen LogP contribution in [0.5, 0.6) is 0 Å². The van der Waals surface area contributed by atoms with Crippen LogP contribution in [0.4, 0.5) is 8.78 Å². The largest absolute Gasteiger partial charge is 0.204 e. The molecule has 1 fully saturated rings. The summed E-state index contributed by atoms with van der Waals surface area (Å²) < 4.78 is 27.0. The molecule has 0 saturated heterocycles. The maximum Gasteiger partial charge on any atom is 0.161 e. The van der Waals surface area contributed by atoms with Crippen molar-refractivity contribution in [2.45, 2.75) is 38.0 Å². The molecule has 0 heterocycles. The van der Waals surface area contributed by atoms with Gasteiger partial charge in [-0.1, -0.05) is 36.9 Å². The van der Waals surface area contributed by atoms with E-state index in [1.165, 1.54) is 6.42 Å². The van der Waals surface area contributed by atoms with Gasteiger partial charge in [-0.3, -0.25) is 0 Å². The van der Waals surface area contributed by atoms with Crippen molar-refractivity contribution >= 4 is 13.3 Å². The Hall–Kier alpha value is -0.855. The van der Waals surface area contributed by atoms with Crippen molar-refractivity contribution in [3.63, 3.8) is 0 Å². The van der Waals surface area contributed by atoms with Gasteiger partial charge in [-0.2, -0.15) is 0 Å². The molecular formula is C12H15BF2. The highest BCUT2D eigenvalue weighted by molar-refractivity contribution is 6.32. The molecule has 80 valence electrons. The SMILES string of the molecule is Bc1ccc(C2CCCCC2)c(F)c1F. The summed E-state index contributed by atoms with van der Waals surface area (Å²) in [6.45, 7) is 0. The number of hydrogen-bond donors (Lipinski definition) is 0. The van der Waals surface area contributed by atoms with Gasteiger partial charge < -0.3 is 0 Å². The summed E-state index contributed by atoms with van der Waals surface area (Å²) in [4.78, 5) is 0. The fourth-order valence-corrected chi connectivity index (χ4v) is 2.39. The first kappa shape index (κ1) is 10.7. The van der Waals surface area contributed by atoms with Crippen molar-refractivity contribution in [2.24, 2.45) is 0 Å². The second kappa shape index (κ2) is 4.34. The molecule has 0 N–H and O–H groups in total. The van der Waals surface area contributed by atoms with E-state index in [1.807, 2.05) is 0 Å². The summed E-state index contributed by atoms with van der Waals surface area (Å²) in [6, 6.07) is 3.44.